The van der Waals surface area contributed by atoms with Gasteiger partial charge in [0.15, 0.2) is 0 Å². The summed E-state index contributed by atoms with van der Waals surface area (Å²) in [6.45, 7) is 3.19. The molecule has 5 aliphatic heterocycles. The van der Waals surface area contributed by atoms with Gasteiger partial charge in [-0.2, -0.15) is 0 Å². The Kier molecular flexibility index (Phi) is 11.5. The first-order valence-corrected chi connectivity index (χ1v) is 20.4. The van der Waals surface area contributed by atoms with Gasteiger partial charge in [-0.15, -0.1) is 0 Å². The number of anilines is 4. The lowest BCUT2D eigenvalue weighted by Gasteiger charge is -2.26. The molecule has 0 unspecified atom stereocenters. The molecular formula is C47H53N9O2. The van der Waals surface area contributed by atoms with E-state index in [0.29, 0.717) is 12.1 Å². The summed E-state index contributed by atoms with van der Waals surface area (Å²) in [6.07, 6.45) is 6.69. The van der Waals surface area contributed by atoms with Gasteiger partial charge in [0.25, 0.3) is 0 Å². The topological polar surface area (TPSA) is 157 Å². The molecule has 5 aliphatic rings. The van der Waals surface area contributed by atoms with Crippen LogP contribution in [0.5, 0.6) is 0 Å². The molecule has 0 bridgehead atoms. The number of likely N-dealkylation sites (N-methyl/N-ethyl adjacent to an activating group) is 2. The van der Waals surface area contributed by atoms with Gasteiger partial charge in [0.2, 0.25) is 0 Å². The van der Waals surface area contributed by atoms with Gasteiger partial charge in [-0.05, 0) is 125 Å². The molecule has 11 heteroatoms. The van der Waals surface area contributed by atoms with Gasteiger partial charge >= 0.3 is 5.97 Å². The Morgan fingerprint density at radius 1 is 0.621 bits per heavy atom. The number of aliphatic carboxylic acids is 1. The van der Waals surface area contributed by atoms with Crippen molar-refractivity contribution in [1.29, 1.82) is 0 Å². The molecule has 3 atom stereocenters. The molecule has 5 heterocycles. The molecule has 0 saturated carbocycles. The van der Waals surface area contributed by atoms with E-state index >= 15 is 0 Å². The van der Waals surface area contributed by atoms with Crippen LogP contribution in [0.1, 0.15) is 38.5 Å². The minimum Gasteiger partial charge on any atom is -0.480 e. The van der Waals surface area contributed by atoms with E-state index in [0.717, 1.165) is 77.7 Å². The standard InChI is InChI=1S/C16H17N3.C15H15N3.C10H10N2.C6H11NO2/c1-19-10-4-9-14(19)16-17-12-7-2-5-11-6-3-8-13(18-16)15(11)12;1-4-10-5-2-7-12-14(10)11(6-1)17-15(18-12)13-8-3-9-16-13;11-8-5-1-3-7-4-2-6-9(12)10(7)8;1-7-4-2-3-5(7)6(8)9/h2-3,5-8,14H,4,9-10H2,1H3,(H,17,18);1-2,4-7,13,16H,3,8-9H2,(H,17,18);1-6H,11-12H2;5H,2-4H2,1H3,(H,8,9)/t14-;13-;;5-/m00.0/s1. The van der Waals surface area contributed by atoms with Crippen LogP contribution in [-0.2, 0) is 4.79 Å². The van der Waals surface area contributed by atoms with Crippen molar-refractivity contribution < 1.29 is 9.90 Å². The Balaban J connectivity index is 0.000000112. The highest BCUT2D eigenvalue weighted by molar-refractivity contribution is 6.16. The number of nitrogens with one attached hydrogen (secondary N) is 3. The monoisotopic (exact) mass is 775 g/mol. The van der Waals surface area contributed by atoms with E-state index < -0.39 is 5.97 Å². The van der Waals surface area contributed by atoms with Crippen molar-refractivity contribution in [3.63, 3.8) is 0 Å². The second kappa shape index (κ2) is 17.2. The Bertz CT molecular complexity index is 2460. The molecule has 0 radical (unpaired) electrons. The van der Waals surface area contributed by atoms with Crippen LogP contribution in [0, 0.1) is 0 Å². The summed E-state index contributed by atoms with van der Waals surface area (Å²) in [4.78, 5) is 24.3. The maximum absolute atomic E-state index is 10.4. The number of benzene rings is 6. The van der Waals surface area contributed by atoms with E-state index in [1.54, 1.807) is 0 Å². The minimum atomic E-state index is -0.685. The van der Waals surface area contributed by atoms with Gasteiger partial charge in [0, 0.05) is 38.9 Å². The summed E-state index contributed by atoms with van der Waals surface area (Å²) in [7, 11) is 4.04. The third-order valence-corrected chi connectivity index (χ3v) is 11.8. The lowest BCUT2D eigenvalue weighted by atomic mass is 10.0. The number of aliphatic imine (C=N–C) groups is 2. The van der Waals surface area contributed by atoms with E-state index in [1.165, 1.54) is 58.6 Å². The van der Waals surface area contributed by atoms with Gasteiger partial charge in [0.05, 0.1) is 23.5 Å². The fraction of sp³-hybridized carbons (Fsp3) is 0.298. The van der Waals surface area contributed by atoms with Crippen molar-refractivity contribution in [2.45, 2.75) is 56.7 Å². The lowest BCUT2D eigenvalue weighted by molar-refractivity contribution is -0.141. The molecular weight excluding hydrogens is 723 g/mol. The fourth-order valence-corrected chi connectivity index (χ4v) is 8.75. The molecule has 6 aromatic carbocycles. The zero-order valence-corrected chi connectivity index (χ0v) is 33.3. The van der Waals surface area contributed by atoms with Crippen molar-refractivity contribution in [2.75, 3.05) is 55.8 Å². The highest BCUT2D eigenvalue weighted by Crippen LogP contribution is 2.38. The van der Waals surface area contributed by atoms with Crippen LogP contribution in [0.4, 0.5) is 34.1 Å². The van der Waals surface area contributed by atoms with Crippen LogP contribution in [0.2, 0.25) is 0 Å². The number of hydrogen-bond acceptors (Lipinski definition) is 10. The molecule has 0 aromatic heterocycles. The molecule has 0 aliphatic carbocycles. The predicted molar refractivity (Wildman–Crippen MR) is 242 cm³/mol. The number of rotatable bonds is 3. The summed E-state index contributed by atoms with van der Waals surface area (Å²) < 4.78 is 0. The SMILES string of the molecule is CN1CCC[C@H]1C(=O)O.CN1CCC[C@H]1C1=Nc2cccc3cccc(c23)N1.Nc1cccc2cccc(N)c12.c1cc2c3c(cccc3c1)NC([C@@H]1CCCN1)=N2. The quantitative estimate of drug-likeness (QED) is 0.0970. The highest BCUT2D eigenvalue weighted by atomic mass is 16.4. The van der Waals surface area contributed by atoms with Crippen LogP contribution >= 0.6 is 0 Å². The van der Waals surface area contributed by atoms with Crippen molar-refractivity contribution >= 4 is 84.1 Å². The zero-order valence-electron chi connectivity index (χ0n) is 33.3. The van der Waals surface area contributed by atoms with E-state index in [4.69, 9.17) is 26.6 Å². The molecule has 8 N–H and O–H groups in total. The van der Waals surface area contributed by atoms with E-state index in [1.807, 2.05) is 48.3 Å². The van der Waals surface area contributed by atoms with E-state index in [-0.39, 0.29) is 6.04 Å². The second-order valence-corrected chi connectivity index (χ2v) is 15.7. The summed E-state index contributed by atoms with van der Waals surface area (Å²) in [5, 5.41) is 26.1. The van der Waals surface area contributed by atoms with Gasteiger partial charge in [0.1, 0.15) is 17.7 Å². The van der Waals surface area contributed by atoms with Crippen molar-refractivity contribution in [2.24, 2.45) is 9.98 Å². The molecule has 11 rings (SSSR count). The number of carboxylic acid groups (broad SMARTS) is 1. The number of nitrogen functional groups attached to an aromatic ring is 2. The Hall–Kier alpha value is -6.01. The third kappa shape index (κ3) is 8.20. The smallest absolute Gasteiger partial charge is 0.320 e. The average Bonchev–Trinajstić information content (AvgIpc) is 4.03. The maximum Gasteiger partial charge on any atom is 0.320 e. The van der Waals surface area contributed by atoms with Crippen LogP contribution in [-0.4, -0.2) is 84.4 Å². The van der Waals surface area contributed by atoms with Gasteiger partial charge < -0.3 is 32.5 Å². The summed E-state index contributed by atoms with van der Waals surface area (Å²) in [6, 6.07) is 37.6. The van der Waals surface area contributed by atoms with Crippen molar-refractivity contribution in [1.82, 2.24) is 15.1 Å². The summed E-state index contributed by atoms with van der Waals surface area (Å²) >= 11 is 0. The first-order chi connectivity index (χ1) is 28.2. The number of fused-ring (bicyclic) bond motifs is 1. The normalized spacial score (nSPS) is 20.7. The second-order valence-electron chi connectivity index (χ2n) is 15.7. The number of nitrogens with zero attached hydrogens (tertiary/aromatic N) is 4. The minimum absolute atomic E-state index is 0.218. The molecule has 11 nitrogen and oxygen atoms in total. The zero-order chi connectivity index (χ0) is 40.2. The van der Waals surface area contributed by atoms with Crippen LogP contribution in [0.3, 0.4) is 0 Å². The van der Waals surface area contributed by atoms with Crippen molar-refractivity contribution in [3.05, 3.63) is 109 Å². The third-order valence-electron chi connectivity index (χ3n) is 11.8. The van der Waals surface area contributed by atoms with Crippen LogP contribution < -0.4 is 27.4 Å². The number of likely N-dealkylation sites (tertiary alicyclic amines) is 2. The summed E-state index contributed by atoms with van der Waals surface area (Å²) in [5.74, 6) is 1.49. The lowest BCUT2D eigenvalue weighted by Crippen LogP contribution is -2.37. The van der Waals surface area contributed by atoms with Gasteiger partial charge in [-0.3, -0.25) is 14.6 Å². The fourth-order valence-electron chi connectivity index (χ4n) is 8.75. The molecule has 3 saturated heterocycles. The number of carbonyl (C=O) groups is 1. The molecule has 298 valence electrons. The molecule has 3 fully saturated rings. The Morgan fingerprint density at radius 3 is 1.59 bits per heavy atom. The first-order valence-electron chi connectivity index (χ1n) is 20.4. The average molecular weight is 776 g/mol. The Morgan fingerprint density at radius 2 is 1.12 bits per heavy atom. The largest absolute Gasteiger partial charge is 0.480 e. The molecule has 0 spiro atoms. The first kappa shape index (κ1) is 38.8. The van der Waals surface area contributed by atoms with E-state index in [2.05, 4.69) is 101 Å². The van der Waals surface area contributed by atoms with E-state index in [9.17, 15) is 4.79 Å². The molecule has 58 heavy (non-hydrogen) atoms. The van der Waals surface area contributed by atoms with Crippen molar-refractivity contribution in [3.8, 4) is 0 Å². The highest BCUT2D eigenvalue weighted by Gasteiger charge is 2.29. The van der Waals surface area contributed by atoms with Crippen LogP contribution in [0.15, 0.2) is 119 Å². The number of amidine groups is 2. The maximum atomic E-state index is 10.4. The van der Waals surface area contributed by atoms with Gasteiger partial charge in [-0.1, -0.05) is 72.8 Å². The molecule has 0 amide bonds. The summed E-state index contributed by atoms with van der Waals surface area (Å²) in [5.41, 5.74) is 17.6. The van der Waals surface area contributed by atoms with Crippen LogP contribution in [0.25, 0.3) is 32.3 Å². The Labute approximate surface area is 339 Å². The number of carboxylic acids is 1. The molecule has 6 aromatic rings. The predicted octanol–water partition coefficient (Wildman–Crippen LogP) is 8.61. The number of nitrogens with two attached hydrogens (primary N) is 2. The number of hydrogen-bond donors (Lipinski definition) is 6. The van der Waals surface area contributed by atoms with Gasteiger partial charge in [-0.25, -0.2) is 9.98 Å².